The van der Waals surface area contributed by atoms with E-state index in [4.69, 9.17) is 4.74 Å². The molecule has 0 spiro atoms. The zero-order chi connectivity index (χ0) is 22.3. The number of anilines is 2. The van der Waals surface area contributed by atoms with Gasteiger partial charge in [-0.1, -0.05) is 30.3 Å². The highest BCUT2D eigenvalue weighted by Gasteiger charge is 2.23. The quantitative estimate of drug-likeness (QED) is 0.475. The molecule has 31 heavy (non-hydrogen) atoms. The summed E-state index contributed by atoms with van der Waals surface area (Å²) in [6, 6.07) is 22.5. The first-order valence-electron chi connectivity index (χ1n) is 9.69. The Morgan fingerprint density at radius 2 is 1.61 bits per heavy atom. The first-order valence-corrected chi connectivity index (χ1v) is 12.4. The Labute approximate surface area is 187 Å². The summed E-state index contributed by atoms with van der Waals surface area (Å²) in [5.41, 5.74) is 1.26. The molecular weight excluding hydrogens is 432 g/mol. The van der Waals surface area contributed by atoms with Gasteiger partial charge in [0.15, 0.2) is 6.61 Å². The van der Waals surface area contributed by atoms with E-state index in [-0.39, 0.29) is 24.0 Å². The van der Waals surface area contributed by atoms with Crippen molar-refractivity contribution >= 4 is 39.1 Å². The van der Waals surface area contributed by atoms with Crippen LogP contribution in [-0.4, -0.2) is 33.7 Å². The van der Waals surface area contributed by atoms with Gasteiger partial charge < -0.3 is 10.1 Å². The first-order chi connectivity index (χ1) is 15.0. The highest BCUT2D eigenvalue weighted by atomic mass is 32.2. The maximum absolute atomic E-state index is 12.9. The minimum Gasteiger partial charge on any atom is -0.484 e. The maximum Gasteiger partial charge on any atom is 0.264 e. The van der Waals surface area contributed by atoms with E-state index in [0.29, 0.717) is 11.4 Å². The monoisotopic (exact) mass is 456 g/mol. The molecule has 0 radical (unpaired) electrons. The van der Waals surface area contributed by atoms with Crippen LogP contribution in [-0.2, 0) is 14.8 Å². The van der Waals surface area contributed by atoms with Gasteiger partial charge in [-0.25, -0.2) is 8.42 Å². The molecule has 0 bridgehead atoms. The second-order valence-corrected chi connectivity index (χ2v) is 9.22. The van der Waals surface area contributed by atoms with E-state index in [9.17, 15) is 13.2 Å². The Morgan fingerprint density at radius 1 is 0.968 bits per heavy atom. The van der Waals surface area contributed by atoms with E-state index in [2.05, 4.69) is 5.32 Å². The Hall–Kier alpha value is -2.97. The van der Waals surface area contributed by atoms with Crippen LogP contribution >= 0.6 is 11.8 Å². The highest BCUT2D eigenvalue weighted by molar-refractivity contribution is 7.98. The van der Waals surface area contributed by atoms with Gasteiger partial charge in [0.05, 0.1) is 16.3 Å². The third-order valence-electron chi connectivity index (χ3n) is 4.49. The third-order valence-corrected chi connectivity index (χ3v) is 7.21. The number of carbonyl (C=O) groups is 1. The summed E-state index contributed by atoms with van der Waals surface area (Å²) in [5, 5.41) is 2.84. The summed E-state index contributed by atoms with van der Waals surface area (Å²) < 4.78 is 32.8. The van der Waals surface area contributed by atoms with Crippen LogP contribution in [0.1, 0.15) is 6.92 Å². The molecule has 3 rings (SSSR count). The van der Waals surface area contributed by atoms with Crippen molar-refractivity contribution in [1.29, 1.82) is 0 Å². The number of hydrogen-bond donors (Lipinski definition) is 1. The smallest absolute Gasteiger partial charge is 0.264 e. The average molecular weight is 457 g/mol. The van der Waals surface area contributed by atoms with Crippen molar-refractivity contribution in [2.24, 2.45) is 0 Å². The standard InChI is InChI=1S/C23H24N2O4S2/c1-3-25(31(27,28)20-9-5-4-6-10-20)18-13-15-19(16-14-18)29-17-23(26)24-21-11-7-8-12-22(21)30-2/h4-16H,3,17H2,1-2H3,(H,24,26). The predicted octanol–water partition coefficient (Wildman–Crippen LogP) is 4.64. The number of sulfonamides is 1. The number of carbonyl (C=O) groups excluding carboxylic acids is 1. The van der Waals surface area contributed by atoms with E-state index in [1.807, 2.05) is 30.5 Å². The maximum atomic E-state index is 12.9. The molecule has 0 aliphatic heterocycles. The second-order valence-electron chi connectivity index (χ2n) is 6.51. The molecule has 0 aliphatic carbocycles. The van der Waals surface area contributed by atoms with Crippen molar-refractivity contribution in [3.8, 4) is 5.75 Å². The number of amides is 1. The molecule has 0 aliphatic rings. The summed E-state index contributed by atoms with van der Waals surface area (Å²) in [6.45, 7) is 1.91. The van der Waals surface area contributed by atoms with Gasteiger partial charge >= 0.3 is 0 Å². The number of para-hydroxylation sites is 1. The van der Waals surface area contributed by atoms with Gasteiger partial charge in [0, 0.05) is 11.4 Å². The van der Waals surface area contributed by atoms with E-state index >= 15 is 0 Å². The van der Waals surface area contributed by atoms with Crippen LogP contribution in [0.15, 0.2) is 88.7 Å². The lowest BCUT2D eigenvalue weighted by molar-refractivity contribution is -0.118. The summed E-state index contributed by atoms with van der Waals surface area (Å²) in [7, 11) is -3.66. The number of ether oxygens (including phenoxy) is 1. The molecule has 3 aromatic carbocycles. The molecule has 0 atom stereocenters. The largest absolute Gasteiger partial charge is 0.484 e. The normalized spacial score (nSPS) is 11.0. The molecule has 0 saturated carbocycles. The average Bonchev–Trinajstić information content (AvgIpc) is 2.80. The van der Waals surface area contributed by atoms with Gasteiger partial charge in [-0.2, -0.15) is 0 Å². The Kier molecular flexibility index (Phi) is 7.59. The predicted molar refractivity (Wildman–Crippen MR) is 125 cm³/mol. The molecule has 6 nitrogen and oxygen atoms in total. The Balaban J connectivity index is 1.65. The zero-order valence-corrected chi connectivity index (χ0v) is 18.9. The Bertz CT molecular complexity index is 1120. The number of benzene rings is 3. The van der Waals surface area contributed by atoms with Gasteiger partial charge in [0.25, 0.3) is 15.9 Å². The lowest BCUT2D eigenvalue weighted by atomic mass is 10.3. The SMILES string of the molecule is CCN(c1ccc(OCC(=O)Nc2ccccc2SC)cc1)S(=O)(=O)c1ccccc1. The minimum absolute atomic E-state index is 0.151. The first kappa shape index (κ1) is 22.7. The van der Waals surface area contributed by atoms with E-state index in [1.54, 1.807) is 73.3 Å². The number of rotatable bonds is 9. The summed E-state index contributed by atoms with van der Waals surface area (Å²) in [5.74, 6) is 0.206. The van der Waals surface area contributed by atoms with Gasteiger partial charge in [-0.3, -0.25) is 9.10 Å². The van der Waals surface area contributed by atoms with Crippen molar-refractivity contribution in [3.63, 3.8) is 0 Å². The van der Waals surface area contributed by atoms with E-state index < -0.39 is 10.0 Å². The Morgan fingerprint density at radius 3 is 2.26 bits per heavy atom. The molecular formula is C23H24N2O4S2. The molecule has 1 amide bonds. The summed E-state index contributed by atoms with van der Waals surface area (Å²) in [4.78, 5) is 13.4. The second kappa shape index (κ2) is 10.4. The fraction of sp³-hybridized carbons (Fsp3) is 0.174. The number of thioether (sulfide) groups is 1. The van der Waals surface area contributed by atoms with Crippen LogP contribution in [0.5, 0.6) is 5.75 Å². The van der Waals surface area contributed by atoms with Crippen LogP contribution in [0.2, 0.25) is 0 Å². The molecule has 8 heteroatoms. The molecule has 3 aromatic rings. The molecule has 0 saturated heterocycles. The molecule has 0 aromatic heterocycles. The minimum atomic E-state index is -3.66. The highest BCUT2D eigenvalue weighted by Crippen LogP contribution is 2.26. The lowest BCUT2D eigenvalue weighted by Crippen LogP contribution is -2.30. The summed E-state index contributed by atoms with van der Waals surface area (Å²) >= 11 is 1.55. The molecule has 0 fully saturated rings. The lowest BCUT2D eigenvalue weighted by Gasteiger charge is -2.23. The summed E-state index contributed by atoms with van der Waals surface area (Å²) in [6.07, 6.45) is 1.95. The van der Waals surface area contributed by atoms with Gasteiger partial charge in [0.1, 0.15) is 5.75 Å². The van der Waals surface area contributed by atoms with Gasteiger partial charge in [0.2, 0.25) is 0 Å². The molecule has 1 N–H and O–H groups in total. The molecule has 162 valence electrons. The van der Waals surface area contributed by atoms with Crippen molar-refractivity contribution in [1.82, 2.24) is 0 Å². The third kappa shape index (κ3) is 5.59. The van der Waals surface area contributed by atoms with Crippen LogP contribution in [0.4, 0.5) is 11.4 Å². The topological polar surface area (TPSA) is 75.7 Å². The van der Waals surface area contributed by atoms with Crippen LogP contribution in [0, 0.1) is 0 Å². The van der Waals surface area contributed by atoms with E-state index in [0.717, 1.165) is 10.6 Å². The molecule has 0 unspecified atom stereocenters. The van der Waals surface area contributed by atoms with Crippen molar-refractivity contribution in [2.45, 2.75) is 16.7 Å². The number of hydrogen-bond acceptors (Lipinski definition) is 5. The van der Waals surface area contributed by atoms with Crippen molar-refractivity contribution in [3.05, 3.63) is 78.9 Å². The van der Waals surface area contributed by atoms with Crippen molar-refractivity contribution < 1.29 is 17.9 Å². The van der Waals surface area contributed by atoms with Crippen LogP contribution < -0.4 is 14.4 Å². The van der Waals surface area contributed by atoms with E-state index in [1.165, 1.54) is 4.31 Å². The van der Waals surface area contributed by atoms with Gasteiger partial charge in [-0.15, -0.1) is 11.8 Å². The fourth-order valence-electron chi connectivity index (χ4n) is 3.00. The fourth-order valence-corrected chi connectivity index (χ4v) is 5.05. The van der Waals surface area contributed by atoms with Crippen LogP contribution in [0.3, 0.4) is 0 Å². The zero-order valence-electron chi connectivity index (χ0n) is 17.3. The van der Waals surface area contributed by atoms with Crippen molar-refractivity contribution in [2.75, 3.05) is 29.0 Å². The van der Waals surface area contributed by atoms with Crippen LogP contribution in [0.25, 0.3) is 0 Å². The number of nitrogens with one attached hydrogen (secondary N) is 1. The van der Waals surface area contributed by atoms with Gasteiger partial charge in [-0.05, 0) is 61.7 Å². The molecule has 0 heterocycles. The number of nitrogens with zero attached hydrogens (tertiary/aromatic N) is 1.